The summed E-state index contributed by atoms with van der Waals surface area (Å²) in [5.41, 5.74) is 1.43. The van der Waals surface area contributed by atoms with E-state index in [2.05, 4.69) is 15.9 Å². The van der Waals surface area contributed by atoms with E-state index in [-0.39, 0.29) is 24.6 Å². The van der Waals surface area contributed by atoms with Crippen molar-refractivity contribution in [3.8, 4) is 0 Å². The molecule has 0 saturated carbocycles. The lowest BCUT2D eigenvalue weighted by Gasteiger charge is -2.13. The van der Waals surface area contributed by atoms with Crippen molar-refractivity contribution in [3.05, 3.63) is 71.3 Å². The molecule has 0 bridgehead atoms. The largest absolute Gasteiger partial charge is 0.466 e. The molecule has 2 aromatic carbocycles. The molecule has 0 amide bonds. The third-order valence-electron chi connectivity index (χ3n) is 3.43. The summed E-state index contributed by atoms with van der Waals surface area (Å²) in [7, 11) is 0. The highest BCUT2D eigenvalue weighted by molar-refractivity contribution is 9.09. The lowest BCUT2D eigenvalue weighted by molar-refractivity contribution is -0.141. The fourth-order valence-electron chi connectivity index (χ4n) is 2.30. The highest BCUT2D eigenvalue weighted by atomic mass is 79.9. The number of ether oxygens (including phenoxy) is 1. The highest BCUT2D eigenvalue weighted by Crippen LogP contribution is 2.30. The van der Waals surface area contributed by atoms with Crippen LogP contribution < -0.4 is 0 Å². The van der Waals surface area contributed by atoms with E-state index in [0.717, 1.165) is 0 Å². The van der Waals surface area contributed by atoms with Crippen molar-refractivity contribution >= 4 is 33.5 Å². The van der Waals surface area contributed by atoms with Crippen LogP contribution in [0.2, 0.25) is 0 Å². The van der Waals surface area contributed by atoms with Gasteiger partial charge in [0.25, 0.3) is 0 Å². The van der Waals surface area contributed by atoms with Gasteiger partial charge in [0.2, 0.25) is 0 Å². The number of hydrogen-bond donors (Lipinski definition) is 0. The first kappa shape index (κ1) is 18.1. The summed E-state index contributed by atoms with van der Waals surface area (Å²) < 4.78 is 4.81. The van der Waals surface area contributed by atoms with Crippen LogP contribution in [-0.2, 0) is 9.53 Å². The van der Waals surface area contributed by atoms with Crippen molar-refractivity contribution in [2.24, 2.45) is 0 Å². The highest BCUT2D eigenvalue weighted by Gasteiger charge is 2.24. The first-order chi connectivity index (χ1) is 11.5. The van der Waals surface area contributed by atoms with Gasteiger partial charge in [0, 0.05) is 11.1 Å². The number of carbonyl (C=O) groups excluding carboxylic acids is 3. The Morgan fingerprint density at radius 2 is 1.62 bits per heavy atom. The molecule has 1 unspecified atom stereocenters. The zero-order valence-corrected chi connectivity index (χ0v) is 14.8. The van der Waals surface area contributed by atoms with Gasteiger partial charge in [-0.1, -0.05) is 70.5 Å². The van der Waals surface area contributed by atoms with E-state index in [1.807, 2.05) is 6.07 Å². The molecule has 0 saturated heterocycles. The second-order valence-electron chi connectivity index (χ2n) is 5.09. The first-order valence-corrected chi connectivity index (χ1v) is 8.47. The van der Waals surface area contributed by atoms with Gasteiger partial charge < -0.3 is 4.74 Å². The Bertz CT molecular complexity index is 740. The molecular weight excluding hydrogens is 372 g/mol. The van der Waals surface area contributed by atoms with Gasteiger partial charge in [0.05, 0.1) is 6.61 Å². The lowest BCUT2D eigenvalue weighted by Crippen LogP contribution is -2.15. The second kappa shape index (κ2) is 8.55. The SMILES string of the molecule is CCOC(=O)CC(=O)c1ccccc1C(Br)C(=O)c1ccccc1. The molecule has 124 valence electrons. The van der Waals surface area contributed by atoms with Gasteiger partial charge in [-0.25, -0.2) is 0 Å². The summed E-state index contributed by atoms with van der Waals surface area (Å²) in [5, 5.41) is 0. The molecule has 5 heteroatoms. The molecule has 0 radical (unpaired) electrons. The summed E-state index contributed by atoms with van der Waals surface area (Å²) >= 11 is 3.39. The Balaban J connectivity index is 2.26. The maximum absolute atomic E-state index is 12.6. The van der Waals surface area contributed by atoms with Crippen LogP contribution in [0.15, 0.2) is 54.6 Å². The number of carbonyl (C=O) groups is 3. The summed E-state index contributed by atoms with van der Waals surface area (Å²) in [5.74, 6) is -1.08. The first-order valence-electron chi connectivity index (χ1n) is 7.55. The van der Waals surface area contributed by atoms with Crippen LogP contribution >= 0.6 is 15.9 Å². The Morgan fingerprint density at radius 3 is 2.29 bits per heavy atom. The van der Waals surface area contributed by atoms with Crippen LogP contribution in [-0.4, -0.2) is 24.1 Å². The summed E-state index contributed by atoms with van der Waals surface area (Å²) in [4.78, 5) is 35.9. The average molecular weight is 389 g/mol. The molecule has 0 heterocycles. The molecular formula is C19H17BrO4. The van der Waals surface area contributed by atoms with Gasteiger partial charge in [0.1, 0.15) is 11.2 Å². The number of ketones is 2. The topological polar surface area (TPSA) is 60.4 Å². The Kier molecular flexibility index (Phi) is 6.44. The predicted octanol–water partition coefficient (Wildman–Crippen LogP) is 4.14. The van der Waals surface area contributed by atoms with Gasteiger partial charge in [-0.2, -0.15) is 0 Å². The number of benzene rings is 2. The second-order valence-corrected chi connectivity index (χ2v) is 6.00. The van der Waals surface area contributed by atoms with E-state index in [9.17, 15) is 14.4 Å². The Morgan fingerprint density at radius 1 is 1.00 bits per heavy atom. The number of esters is 1. The molecule has 24 heavy (non-hydrogen) atoms. The summed E-state index contributed by atoms with van der Waals surface area (Å²) in [6.07, 6.45) is -0.343. The monoisotopic (exact) mass is 388 g/mol. The fraction of sp³-hybridized carbons (Fsp3) is 0.211. The molecule has 0 N–H and O–H groups in total. The van der Waals surface area contributed by atoms with Crippen molar-refractivity contribution in [1.29, 1.82) is 0 Å². The molecule has 1 atom stereocenters. The van der Waals surface area contributed by atoms with E-state index in [0.29, 0.717) is 16.7 Å². The lowest BCUT2D eigenvalue weighted by atomic mass is 9.95. The normalized spacial score (nSPS) is 11.6. The summed E-state index contributed by atoms with van der Waals surface area (Å²) in [6, 6.07) is 15.6. The van der Waals surface area contributed by atoms with Crippen molar-refractivity contribution in [3.63, 3.8) is 0 Å². The molecule has 0 aromatic heterocycles. The van der Waals surface area contributed by atoms with E-state index < -0.39 is 10.8 Å². The van der Waals surface area contributed by atoms with Crippen molar-refractivity contribution in [1.82, 2.24) is 0 Å². The average Bonchev–Trinajstić information content (AvgIpc) is 2.61. The van der Waals surface area contributed by atoms with Crippen LogP contribution in [0.5, 0.6) is 0 Å². The maximum atomic E-state index is 12.6. The standard InChI is InChI=1S/C19H17BrO4/c1-2-24-17(22)12-16(21)14-10-6-7-11-15(14)18(20)19(23)13-8-4-3-5-9-13/h3-11,18H,2,12H2,1H3. The smallest absolute Gasteiger partial charge is 0.313 e. The molecule has 0 aliphatic carbocycles. The van der Waals surface area contributed by atoms with Gasteiger partial charge in [-0.05, 0) is 12.5 Å². The number of hydrogen-bond acceptors (Lipinski definition) is 4. The zero-order chi connectivity index (χ0) is 17.5. The van der Waals surface area contributed by atoms with Crippen LogP contribution in [0.25, 0.3) is 0 Å². The molecule has 0 aliphatic rings. The van der Waals surface area contributed by atoms with Gasteiger partial charge in [-0.3, -0.25) is 14.4 Å². The quantitative estimate of drug-likeness (QED) is 0.309. The minimum atomic E-state index is -0.665. The Labute approximate surface area is 149 Å². The number of halogens is 1. The van der Waals surface area contributed by atoms with Crippen molar-refractivity contribution in [2.75, 3.05) is 6.61 Å². The Hall–Kier alpha value is -2.27. The van der Waals surface area contributed by atoms with Gasteiger partial charge in [-0.15, -0.1) is 0 Å². The van der Waals surface area contributed by atoms with E-state index in [4.69, 9.17) is 4.74 Å². The molecule has 4 nitrogen and oxygen atoms in total. The third kappa shape index (κ3) is 4.38. The van der Waals surface area contributed by atoms with Crippen LogP contribution in [0.4, 0.5) is 0 Å². The number of rotatable bonds is 7. The third-order valence-corrected chi connectivity index (χ3v) is 4.34. The van der Waals surface area contributed by atoms with E-state index in [1.165, 1.54) is 0 Å². The van der Waals surface area contributed by atoms with Crippen LogP contribution in [0.3, 0.4) is 0 Å². The van der Waals surface area contributed by atoms with Crippen LogP contribution in [0, 0.1) is 0 Å². The summed E-state index contributed by atoms with van der Waals surface area (Å²) in [6.45, 7) is 1.91. The minimum absolute atomic E-state index is 0.146. The van der Waals surface area contributed by atoms with E-state index in [1.54, 1.807) is 55.5 Å². The fourth-order valence-corrected chi connectivity index (χ4v) is 2.96. The molecule has 0 fully saturated rings. The van der Waals surface area contributed by atoms with Gasteiger partial charge in [0.15, 0.2) is 11.6 Å². The minimum Gasteiger partial charge on any atom is -0.466 e. The zero-order valence-electron chi connectivity index (χ0n) is 13.2. The van der Waals surface area contributed by atoms with Crippen LogP contribution in [0.1, 0.15) is 44.5 Å². The van der Waals surface area contributed by atoms with Crippen molar-refractivity contribution in [2.45, 2.75) is 18.2 Å². The number of Topliss-reactive ketones (excluding diaryl/α,β-unsaturated/α-hetero) is 2. The predicted molar refractivity (Wildman–Crippen MR) is 94.5 cm³/mol. The van der Waals surface area contributed by atoms with Crippen molar-refractivity contribution < 1.29 is 19.1 Å². The molecule has 2 aromatic rings. The molecule has 0 aliphatic heterocycles. The molecule has 0 spiro atoms. The maximum Gasteiger partial charge on any atom is 0.313 e. The number of alkyl halides is 1. The van der Waals surface area contributed by atoms with E-state index >= 15 is 0 Å². The molecule has 2 rings (SSSR count). The van der Waals surface area contributed by atoms with Gasteiger partial charge >= 0.3 is 5.97 Å².